The van der Waals surface area contributed by atoms with Gasteiger partial charge in [0.2, 0.25) is 0 Å². The Hall–Kier alpha value is -1.37. The summed E-state index contributed by atoms with van der Waals surface area (Å²) in [6.45, 7) is 7.67. The Morgan fingerprint density at radius 1 is 1.06 bits per heavy atom. The van der Waals surface area contributed by atoms with Crippen LogP contribution in [0, 0.1) is 11.3 Å². The molecule has 0 spiro atoms. The van der Waals surface area contributed by atoms with Gasteiger partial charge in [0.05, 0.1) is 18.3 Å². The second-order valence-electron chi connectivity index (χ2n) is 4.91. The Labute approximate surface area is 109 Å². The Balaban J connectivity index is 2.80. The van der Waals surface area contributed by atoms with Gasteiger partial charge in [0.25, 0.3) is 0 Å². The summed E-state index contributed by atoms with van der Waals surface area (Å²) in [6, 6.07) is 9.98. The van der Waals surface area contributed by atoms with Gasteiger partial charge >= 0.3 is 0 Å². The van der Waals surface area contributed by atoms with Crippen molar-refractivity contribution >= 4 is 0 Å². The fourth-order valence-corrected chi connectivity index (χ4v) is 1.57. The monoisotopic (exact) mass is 247 g/mol. The van der Waals surface area contributed by atoms with Crippen LogP contribution in [0.2, 0.25) is 0 Å². The van der Waals surface area contributed by atoms with Gasteiger partial charge in [0.1, 0.15) is 0 Å². The van der Waals surface area contributed by atoms with Crippen molar-refractivity contribution in [2.75, 3.05) is 0 Å². The third kappa shape index (κ3) is 3.83. The van der Waals surface area contributed by atoms with E-state index in [1.54, 1.807) is 13.8 Å². The number of aliphatic hydroxyl groups excluding tert-OH is 1. The molecule has 0 saturated carbocycles. The Bertz CT molecular complexity index is 403. The Morgan fingerprint density at radius 2 is 1.56 bits per heavy atom. The summed E-state index contributed by atoms with van der Waals surface area (Å²) in [5, 5.41) is 18.5. The molecule has 1 aromatic rings. The van der Waals surface area contributed by atoms with Crippen molar-refractivity contribution in [3.05, 3.63) is 35.4 Å². The minimum Gasteiger partial charge on any atom is -0.391 e. The van der Waals surface area contributed by atoms with Crippen molar-refractivity contribution in [3.8, 4) is 6.07 Å². The lowest BCUT2D eigenvalue weighted by molar-refractivity contribution is -0.0426. The first-order valence-corrected chi connectivity index (χ1v) is 6.28. The third-order valence-corrected chi connectivity index (χ3v) is 3.05. The molecule has 0 fully saturated rings. The average molecular weight is 247 g/mol. The summed E-state index contributed by atoms with van der Waals surface area (Å²) in [6.07, 6.45) is -1.58. The maximum Gasteiger partial charge on any atom is 0.169 e. The molecule has 0 aliphatic rings. The van der Waals surface area contributed by atoms with E-state index in [0.717, 1.165) is 5.56 Å². The minimum absolute atomic E-state index is 0.362. The average Bonchev–Trinajstić information content (AvgIpc) is 2.35. The van der Waals surface area contributed by atoms with Gasteiger partial charge in [-0.25, -0.2) is 0 Å². The molecule has 3 atom stereocenters. The maximum atomic E-state index is 9.39. The van der Waals surface area contributed by atoms with Crippen molar-refractivity contribution in [3.63, 3.8) is 0 Å². The summed E-state index contributed by atoms with van der Waals surface area (Å²) in [7, 11) is 0. The van der Waals surface area contributed by atoms with Crippen LogP contribution in [0.4, 0.5) is 0 Å². The van der Waals surface area contributed by atoms with Gasteiger partial charge < -0.3 is 9.84 Å². The summed E-state index contributed by atoms with van der Waals surface area (Å²) >= 11 is 0. The van der Waals surface area contributed by atoms with Gasteiger partial charge in [-0.3, -0.25) is 0 Å². The van der Waals surface area contributed by atoms with E-state index in [2.05, 4.69) is 19.9 Å². The first kappa shape index (κ1) is 14.7. The number of nitriles is 1. The lowest BCUT2D eigenvalue weighted by atomic mass is 10.0. The SMILES string of the molecule is CC(C)c1ccc(C(C#N)OC(C)C(C)O)cc1. The summed E-state index contributed by atoms with van der Waals surface area (Å²) in [5.74, 6) is 0.469. The molecule has 0 aromatic heterocycles. The largest absolute Gasteiger partial charge is 0.391 e. The molecule has 0 radical (unpaired) electrons. The van der Waals surface area contributed by atoms with E-state index in [-0.39, 0.29) is 6.10 Å². The van der Waals surface area contributed by atoms with E-state index in [4.69, 9.17) is 10.00 Å². The van der Waals surface area contributed by atoms with Crippen molar-refractivity contribution in [2.45, 2.75) is 51.9 Å². The Kier molecular flexibility index (Phi) is 5.33. The van der Waals surface area contributed by atoms with Crippen LogP contribution in [-0.4, -0.2) is 17.3 Å². The molecule has 1 aromatic carbocycles. The van der Waals surface area contributed by atoms with Crippen LogP contribution >= 0.6 is 0 Å². The molecule has 0 aliphatic heterocycles. The van der Waals surface area contributed by atoms with E-state index in [0.29, 0.717) is 5.92 Å². The molecule has 0 aliphatic carbocycles. The number of nitrogens with zero attached hydrogens (tertiary/aromatic N) is 1. The van der Waals surface area contributed by atoms with Gasteiger partial charge in [-0.05, 0) is 30.9 Å². The number of benzene rings is 1. The highest BCUT2D eigenvalue weighted by Gasteiger charge is 2.18. The quantitative estimate of drug-likeness (QED) is 0.869. The van der Waals surface area contributed by atoms with Crippen LogP contribution in [-0.2, 0) is 4.74 Å². The van der Waals surface area contributed by atoms with Crippen LogP contribution in [0.15, 0.2) is 24.3 Å². The predicted octanol–water partition coefficient (Wildman–Crippen LogP) is 3.16. The van der Waals surface area contributed by atoms with Crippen LogP contribution in [0.5, 0.6) is 0 Å². The number of ether oxygens (including phenoxy) is 1. The van der Waals surface area contributed by atoms with Crippen LogP contribution < -0.4 is 0 Å². The topological polar surface area (TPSA) is 53.2 Å². The van der Waals surface area contributed by atoms with Crippen molar-refractivity contribution < 1.29 is 9.84 Å². The first-order valence-electron chi connectivity index (χ1n) is 6.28. The highest BCUT2D eigenvalue weighted by molar-refractivity contribution is 5.28. The van der Waals surface area contributed by atoms with E-state index < -0.39 is 12.2 Å². The van der Waals surface area contributed by atoms with Gasteiger partial charge in [-0.15, -0.1) is 0 Å². The molecule has 0 saturated heterocycles. The number of hydrogen-bond donors (Lipinski definition) is 1. The molecule has 3 nitrogen and oxygen atoms in total. The summed E-state index contributed by atoms with van der Waals surface area (Å²) in [5.41, 5.74) is 2.06. The zero-order chi connectivity index (χ0) is 13.7. The first-order chi connectivity index (χ1) is 8.45. The van der Waals surface area contributed by atoms with Crippen molar-refractivity contribution in [2.24, 2.45) is 0 Å². The zero-order valence-electron chi connectivity index (χ0n) is 11.4. The highest BCUT2D eigenvalue weighted by atomic mass is 16.5. The lowest BCUT2D eigenvalue weighted by Gasteiger charge is -2.20. The normalized spacial score (nSPS) is 16.1. The fraction of sp³-hybridized carbons (Fsp3) is 0.533. The Morgan fingerprint density at radius 3 is 1.94 bits per heavy atom. The molecule has 3 unspecified atom stereocenters. The minimum atomic E-state index is -0.629. The van der Waals surface area contributed by atoms with Crippen molar-refractivity contribution in [1.29, 1.82) is 5.26 Å². The van der Waals surface area contributed by atoms with Gasteiger partial charge in [0.15, 0.2) is 6.10 Å². The molecule has 98 valence electrons. The standard InChI is InChI=1S/C15H21NO2/c1-10(2)13-5-7-14(8-6-13)15(9-16)18-12(4)11(3)17/h5-8,10-12,15,17H,1-4H3. The third-order valence-electron chi connectivity index (χ3n) is 3.05. The molecule has 18 heavy (non-hydrogen) atoms. The smallest absolute Gasteiger partial charge is 0.169 e. The van der Waals surface area contributed by atoms with E-state index in [1.807, 2.05) is 24.3 Å². The number of rotatable bonds is 5. The second-order valence-corrected chi connectivity index (χ2v) is 4.91. The zero-order valence-corrected chi connectivity index (χ0v) is 11.4. The number of aliphatic hydroxyl groups is 1. The van der Waals surface area contributed by atoms with E-state index >= 15 is 0 Å². The van der Waals surface area contributed by atoms with E-state index in [9.17, 15) is 5.11 Å². The summed E-state index contributed by atoms with van der Waals surface area (Å²) < 4.78 is 5.54. The highest BCUT2D eigenvalue weighted by Crippen LogP contribution is 2.22. The molecule has 0 bridgehead atoms. The van der Waals surface area contributed by atoms with Crippen LogP contribution in [0.1, 0.15) is 50.8 Å². The molecular weight excluding hydrogens is 226 g/mol. The molecule has 0 amide bonds. The fourth-order valence-electron chi connectivity index (χ4n) is 1.57. The molecule has 1 rings (SSSR count). The second kappa shape index (κ2) is 6.53. The number of hydrogen-bond acceptors (Lipinski definition) is 3. The van der Waals surface area contributed by atoms with Crippen LogP contribution in [0.25, 0.3) is 0 Å². The molecule has 0 heterocycles. The van der Waals surface area contributed by atoms with Gasteiger partial charge in [-0.1, -0.05) is 38.1 Å². The molecular formula is C15H21NO2. The molecule has 3 heteroatoms. The maximum absolute atomic E-state index is 9.39. The lowest BCUT2D eigenvalue weighted by Crippen LogP contribution is -2.24. The van der Waals surface area contributed by atoms with Gasteiger partial charge in [-0.2, -0.15) is 5.26 Å². The molecule has 1 N–H and O–H groups in total. The van der Waals surface area contributed by atoms with Crippen molar-refractivity contribution in [1.82, 2.24) is 0 Å². The van der Waals surface area contributed by atoms with Gasteiger partial charge in [0, 0.05) is 0 Å². The predicted molar refractivity (Wildman–Crippen MR) is 71.1 cm³/mol. The van der Waals surface area contributed by atoms with Crippen LogP contribution in [0.3, 0.4) is 0 Å². The van der Waals surface area contributed by atoms with E-state index in [1.165, 1.54) is 5.56 Å². The summed E-state index contributed by atoms with van der Waals surface area (Å²) in [4.78, 5) is 0.